The summed E-state index contributed by atoms with van der Waals surface area (Å²) in [6.45, 7) is 1.95. The third-order valence-corrected chi connectivity index (χ3v) is 4.97. The molecule has 4 rings (SSSR count). The number of carbonyl (C=O) groups is 3. The minimum atomic E-state index is -0.655. The molecule has 0 unspecified atom stereocenters. The summed E-state index contributed by atoms with van der Waals surface area (Å²) < 4.78 is 6.70. The normalized spacial score (nSPS) is 15.0. The predicted octanol–water partition coefficient (Wildman–Crippen LogP) is 2.82. The maximum Gasteiger partial charge on any atom is 0.331 e. The van der Waals surface area contributed by atoms with Gasteiger partial charge in [-0.2, -0.15) is 0 Å². The van der Waals surface area contributed by atoms with Crippen molar-refractivity contribution < 1.29 is 19.1 Å². The van der Waals surface area contributed by atoms with Crippen LogP contribution in [0.3, 0.4) is 0 Å². The summed E-state index contributed by atoms with van der Waals surface area (Å²) in [7, 11) is 0. The number of esters is 1. The van der Waals surface area contributed by atoms with E-state index in [4.69, 9.17) is 4.74 Å². The van der Waals surface area contributed by atoms with Gasteiger partial charge in [-0.3, -0.25) is 9.59 Å². The molecule has 1 atom stereocenters. The topological polar surface area (TPSA) is 103 Å². The second kappa shape index (κ2) is 8.74. The Balaban J connectivity index is 1.30. The molecule has 31 heavy (non-hydrogen) atoms. The Morgan fingerprint density at radius 2 is 2.00 bits per heavy atom. The van der Waals surface area contributed by atoms with Crippen LogP contribution in [0, 0.1) is 0 Å². The van der Waals surface area contributed by atoms with Gasteiger partial charge in [-0.15, -0.1) is 5.10 Å². The number of carbonyl (C=O) groups excluding carboxylic acids is 3. The van der Waals surface area contributed by atoms with E-state index in [1.807, 2.05) is 30.3 Å². The van der Waals surface area contributed by atoms with E-state index in [0.29, 0.717) is 23.5 Å². The van der Waals surface area contributed by atoms with Gasteiger partial charge in [-0.05, 0) is 42.3 Å². The Labute approximate surface area is 178 Å². The SMILES string of the molecule is C[C@H]1C(=O)Nc2ccc(C(=O)COC(=O)/C=C/c3cn(Cc4ccccc4)nn3)cc21. The molecule has 1 aromatic heterocycles. The van der Waals surface area contributed by atoms with Crippen LogP contribution in [-0.4, -0.2) is 39.3 Å². The van der Waals surface area contributed by atoms with Crippen LogP contribution >= 0.6 is 0 Å². The van der Waals surface area contributed by atoms with Gasteiger partial charge in [-0.25, -0.2) is 9.48 Å². The van der Waals surface area contributed by atoms with E-state index in [1.54, 1.807) is 36.0 Å². The average Bonchev–Trinajstić information content (AvgIpc) is 3.34. The summed E-state index contributed by atoms with van der Waals surface area (Å²) in [6.07, 6.45) is 4.40. The first-order valence-corrected chi connectivity index (χ1v) is 9.76. The van der Waals surface area contributed by atoms with E-state index >= 15 is 0 Å². The Morgan fingerprint density at radius 1 is 1.19 bits per heavy atom. The molecule has 0 fully saturated rings. The molecule has 2 aromatic carbocycles. The summed E-state index contributed by atoms with van der Waals surface area (Å²) in [5, 5.41) is 10.8. The third-order valence-electron chi connectivity index (χ3n) is 4.97. The number of ether oxygens (including phenoxy) is 1. The molecule has 0 radical (unpaired) electrons. The van der Waals surface area contributed by atoms with Crippen molar-refractivity contribution >= 4 is 29.4 Å². The number of anilines is 1. The van der Waals surface area contributed by atoms with Crippen LogP contribution in [0.15, 0.2) is 60.8 Å². The minimum Gasteiger partial charge on any atom is -0.454 e. The van der Waals surface area contributed by atoms with E-state index in [1.165, 1.54) is 12.2 Å². The lowest BCUT2D eigenvalue weighted by Crippen LogP contribution is -2.13. The van der Waals surface area contributed by atoms with Crippen molar-refractivity contribution in [2.24, 2.45) is 0 Å². The standard InChI is InChI=1S/C23H20N4O4/c1-15-19-11-17(7-9-20(19)24-23(15)30)21(28)14-31-22(29)10-8-18-13-27(26-25-18)12-16-5-3-2-4-6-16/h2-11,13,15H,12,14H2,1H3,(H,24,30)/b10-8+/t15-/m1/s1. The Hall–Kier alpha value is -4.07. The van der Waals surface area contributed by atoms with E-state index in [2.05, 4.69) is 15.6 Å². The molecule has 8 nitrogen and oxygen atoms in total. The molecule has 1 amide bonds. The number of benzene rings is 2. The molecular weight excluding hydrogens is 396 g/mol. The lowest BCUT2D eigenvalue weighted by molar-refractivity contribution is -0.136. The largest absolute Gasteiger partial charge is 0.454 e. The first-order chi connectivity index (χ1) is 15.0. The lowest BCUT2D eigenvalue weighted by atomic mass is 9.99. The maximum atomic E-state index is 12.4. The Morgan fingerprint density at radius 3 is 2.81 bits per heavy atom. The number of ketones is 1. The molecule has 8 heteroatoms. The van der Waals surface area contributed by atoms with Crippen molar-refractivity contribution in [1.82, 2.24) is 15.0 Å². The molecule has 1 aliphatic heterocycles. The van der Waals surface area contributed by atoms with Crippen LogP contribution in [0.25, 0.3) is 6.08 Å². The number of aromatic nitrogens is 3. The Bertz CT molecular complexity index is 1170. The second-order valence-electron chi connectivity index (χ2n) is 7.20. The van der Waals surface area contributed by atoms with E-state index in [9.17, 15) is 14.4 Å². The van der Waals surface area contributed by atoms with E-state index in [-0.39, 0.29) is 17.6 Å². The average molecular weight is 416 g/mol. The summed E-state index contributed by atoms with van der Waals surface area (Å²) in [6, 6.07) is 14.8. The van der Waals surface area contributed by atoms with E-state index in [0.717, 1.165) is 11.1 Å². The van der Waals surface area contributed by atoms with Gasteiger partial charge in [0.05, 0.1) is 18.7 Å². The molecule has 1 N–H and O–H groups in total. The van der Waals surface area contributed by atoms with Gasteiger partial charge in [0, 0.05) is 17.3 Å². The first-order valence-electron chi connectivity index (χ1n) is 9.76. The van der Waals surface area contributed by atoms with Crippen molar-refractivity contribution in [3.05, 3.63) is 83.2 Å². The summed E-state index contributed by atoms with van der Waals surface area (Å²) in [5.41, 5.74) is 3.45. The van der Waals surface area contributed by atoms with Crippen LogP contribution in [0.5, 0.6) is 0 Å². The molecular formula is C23H20N4O4. The number of nitrogens with one attached hydrogen (secondary N) is 1. The summed E-state index contributed by atoms with van der Waals surface area (Å²) >= 11 is 0. The number of amides is 1. The first kappa shape index (κ1) is 20.2. The highest BCUT2D eigenvalue weighted by molar-refractivity contribution is 6.05. The van der Waals surface area contributed by atoms with Gasteiger partial charge in [0.1, 0.15) is 5.69 Å². The lowest BCUT2D eigenvalue weighted by Gasteiger charge is -2.05. The highest BCUT2D eigenvalue weighted by Gasteiger charge is 2.27. The molecule has 156 valence electrons. The minimum absolute atomic E-state index is 0.100. The molecule has 0 bridgehead atoms. The zero-order valence-corrected chi connectivity index (χ0v) is 16.8. The number of Topliss-reactive ketones (excluding diaryl/α,β-unsaturated/α-hetero) is 1. The monoisotopic (exact) mass is 416 g/mol. The molecule has 0 saturated heterocycles. The van der Waals surface area contributed by atoms with Gasteiger partial charge in [-0.1, -0.05) is 35.5 Å². The fraction of sp³-hybridized carbons (Fsp3) is 0.174. The molecule has 0 spiro atoms. The van der Waals surface area contributed by atoms with Gasteiger partial charge < -0.3 is 10.1 Å². The third kappa shape index (κ3) is 4.75. The van der Waals surface area contributed by atoms with Crippen LogP contribution in [0.2, 0.25) is 0 Å². The van der Waals surface area contributed by atoms with Crippen molar-refractivity contribution in [3.8, 4) is 0 Å². The van der Waals surface area contributed by atoms with Crippen molar-refractivity contribution in [3.63, 3.8) is 0 Å². The molecule has 3 aromatic rings. The highest BCUT2D eigenvalue weighted by Crippen LogP contribution is 2.32. The Kier molecular flexibility index (Phi) is 5.70. The van der Waals surface area contributed by atoms with Crippen LogP contribution in [0.1, 0.15) is 40.0 Å². The molecule has 0 saturated carbocycles. The molecule has 1 aliphatic rings. The van der Waals surface area contributed by atoms with Crippen molar-refractivity contribution in [2.45, 2.75) is 19.4 Å². The number of fused-ring (bicyclic) bond motifs is 1. The van der Waals surface area contributed by atoms with Crippen molar-refractivity contribution in [2.75, 3.05) is 11.9 Å². The zero-order valence-electron chi connectivity index (χ0n) is 16.8. The van der Waals surface area contributed by atoms with Gasteiger partial charge in [0.15, 0.2) is 12.4 Å². The molecule has 0 aliphatic carbocycles. The van der Waals surface area contributed by atoms with Gasteiger partial charge in [0.2, 0.25) is 5.91 Å². The maximum absolute atomic E-state index is 12.4. The van der Waals surface area contributed by atoms with E-state index < -0.39 is 12.6 Å². The highest BCUT2D eigenvalue weighted by atomic mass is 16.5. The molecule has 2 heterocycles. The van der Waals surface area contributed by atoms with Crippen LogP contribution in [0.4, 0.5) is 5.69 Å². The summed E-state index contributed by atoms with van der Waals surface area (Å²) in [4.78, 5) is 36.0. The number of hydrogen-bond donors (Lipinski definition) is 1. The predicted molar refractivity (Wildman–Crippen MR) is 113 cm³/mol. The van der Waals surface area contributed by atoms with Gasteiger partial charge in [0.25, 0.3) is 0 Å². The van der Waals surface area contributed by atoms with Crippen molar-refractivity contribution in [1.29, 1.82) is 0 Å². The van der Waals surface area contributed by atoms with Crippen LogP contribution in [-0.2, 0) is 20.9 Å². The summed E-state index contributed by atoms with van der Waals surface area (Å²) in [5.74, 6) is -1.41. The smallest absolute Gasteiger partial charge is 0.331 e. The number of rotatable bonds is 7. The quantitative estimate of drug-likeness (QED) is 0.361. The number of hydrogen-bond acceptors (Lipinski definition) is 6. The fourth-order valence-corrected chi connectivity index (χ4v) is 3.25. The van der Waals surface area contributed by atoms with Gasteiger partial charge >= 0.3 is 5.97 Å². The van der Waals surface area contributed by atoms with Crippen LogP contribution < -0.4 is 5.32 Å². The number of nitrogens with zero attached hydrogens (tertiary/aromatic N) is 3. The second-order valence-corrected chi connectivity index (χ2v) is 7.20. The fourth-order valence-electron chi connectivity index (χ4n) is 3.25. The zero-order chi connectivity index (χ0) is 21.8.